The fourth-order valence-electron chi connectivity index (χ4n) is 5.14. The first kappa shape index (κ1) is 34.5. The quantitative estimate of drug-likeness (QED) is 0.148. The third-order valence-electron chi connectivity index (χ3n) is 7.31. The summed E-state index contributed by atoms with van der Waals surface area (Å²) >= 11 is 6.49. The normalized spacial score (nSPS) is 14.7. The van der Waals surface area contributed by atoms with Crippen LogP contribution in [-0.2, 0) is 27.0 Å². The summed E-state index contributed by atoms with van der Waals surface area (Å²) in [6.07, 6.45) is -4.29. The Morgan fingerprint density at radius 2 is 1.90 bits per heavy atom. The summed E-state index contributed by atoms with van der Waals surface area (Å²) in [5.41, 5.74) is 4.26. The van der Waals surface area contributed by atoms with Crippen LogP contribution in [-0.4, -0.2) is 104 Å². The number of carbonyl (C=O) groups excluding carboxylic acids is 3. The molecule has 5 rings (SSSR count). The van der Waals surface area contributed by atoms with E-state index in [4.69, 9.17) is 22.1 Å². The molecule has 1 saturated heterocycles. The van der Waals surface area contributed by atoms with Crippen molar-refractivity contribution in [1.82, 2.24) is 39.3 Å². The van der Waals surface area contributed by atoms with Crippen LogP contribution >= 0.6 is 11.6 Å². The second kappa shape index (κ2) is 14.5. The Labute approximate surface area is 273 Å². The van der Waals surface area contributed by atoms with Gasteiger partial charge in [0.25, 0.3) is 24.7 Å². The van der Waals surface area contributed by atoms with Gasteiger partial charge in [0.1, 0.15) is 6.54 Å². The number of carbonyl (C=O) groups is 3. The lowest BCUT2D eigenvalue weighted by atomic mass is 10.1. The summed E-state index contributed by atoms with van der Waals surface area (Å²) in [6, 6.07) is 4.50. The number of anilines is 2. The van der Waals surface area contributed by atoms with Gasteiger partial charge in [-0.05, 0) is 18.2 Å². The number of nitrogens with zero attached hydrogens (tertiary/aromatic N) is 7. The highest BCUT2D eigenvalue weighted by Gasteiger charge is 2.39. The summed E-state index contributed by atoms with van der Waals surface area (Å²) in [5, 5.41) is 8.98. The van der Waals surface area contributed by atoms with Crippen molar-refractivity contribution in [2.75, 3.05) is 44.6 Å². The van der Waals surface area contributed by atoms with Gasteiger partial charge in [0, 0.05) is 63.5 Å². The van der Waals surface area contributed by atoms with Crippen molar-refractivity contribution in [3.63, 3.8) is 0 Å². The Morgan fingerprint density at radius 3 is 2.54 bits per heavy atom. The molecule has 2 amide bonds. The number of amides is 2. The van der Waals surface area contributed by atoms with Gasteiger partial charge in [-0.1, -0.05) is 11.6 Å². The molecule has 4 N–H and O–H groups in total. The number of ether oxygens (including phenoxy) is 1. The predicted molar refractivity (Wildman–Crippen MR) is 160 cm³/mol. The summed E-state index contributed by atoms with van der Waals surface area (Å²) < 4.78 is 73.8. The van der Waals surface area contributed by atoms with E-state index in [-0.39, 0.29) is 79.4 Å². The molecule has 1 unspecified atom stereocenters. The van der Waals surface area contributed by atoms with Crippen LogP contribution in [0.5, 0.6) is 0 Å². The lowest BCUT2D eigenvalue weighted by molar-refractivity contribution is -0.159. The molecule has 4 heterocycles. The second-order valence-corrected chi connectivity index (χ2v) is 10.8. The number of halogens is 6. The van der Waals surface area contributed by atoms with Crippen molar-refractivity contribution in [1.29, 1.82) is 0 Å². The molecule has 1 aliphatic rings. The average molecular weight is 699 g/mol. The molecule has 4 aromatic rings. The van der Waals surface area contributed by atoms with Gasteiger partial charge < -0.3 is 26.0 Å². The second-order valence-electron chi connectivity index (χ2n) is 10.4. The number of hydrogen-bond donors (Lipinski definition) is 3. The Hall–Kier alpha value is -4.88. The van der Waals surface area contributed by atoms with Gasteiger partial charge in [0.05, 0.1) is 28.0 Å². The molecule has 1 fully saturated rings. The van der Waals surface area contributed by atoms with Crippen LogP contribution in [0.15, 0.2) is 43.0 Å². The minimum absolute atomic E-state index is 0.0532. The van der Waals surface area contributed by atoms with Crippen LogP contribution in [0, 0.1) is 0 Å². The number of piperazine rings is 1. The average Bonchev–Trinajstić information content (AvgIpc) is 3.67. The summed E-state index contributed by atoms with van der Waals surface area (Å²) in [5.74, 6) is -0.772. The number of imidazole rings is 1. The Morgan fingerprint density at radius 1 is 1.15 bits per heavy atom. The van der Waals surface area contributed by atoms with E-state index >= 15 is 0 Å². The van der Waals surface area contributed by atoms with Crippen molar-refractivity contribution in [2.45, 2.75) is 25.4 Å². The largest absolute Gasteiger partial charge is 0.439 e. The monoisotopic (exact) mass is 698 g/mol. The van der Waals surface area contributed by atoms with E-state index < -0.39 is 42.5 Å². The molecule has 1 aromatic carbocycles. The molecule has 20 heteroatoms. The molecule has 0 spiro atoms. The van der Waals surface area contributed by atoms with Gasteiger partial charge in [-0.25, -0.2) is 18.7 Å². The van der Waals surface area contributed by atoms with Gasteiger partial charge in [0.2, 0.25) is 6.23 Å². The van der Waals surface area contributed by atoms with Crippen LogP contribution in [0.3, 0.4) is 0 Å². The summed E-state index contributed by atoms with van der Waals surface area (Å²) in [7, 11) is 0. The SMILES string of the molecule is NCCNC(=O)C(OC=O)N1CCN(C(=O)c2ccc(Nc3nccn4c(-c5cn(CC(F)F)nc5C(F)(F)F)cnc34)cc2Cl)CC1. The van der Waals surface area contributed by atoms with E-state index in [1.165, 1.54) is 33.8 Å². The van der Waals surface area contributed by atoms with Crippen LogP contribution in [0.2, 0.25) is 5.02 Å². The van der Waals surface area contributed by atoms with E-state index in [9.17, 15) is 36.3 Å². The minimum atomic E-state index is -4.92. The highest BCUT2D eigenvalue weighted by atomic mass is 35.5. The molecule has 0 aliphatic carbocycles. The first-order chi connectivity index (χ1) is 22.9. The third kappa shape index (κ3) is 7.47. The highest BCUT2D eigenvalue weighted by molar-refractivity contribution is 6.34. The summed E-state index contributed by atoms with van der Waals surface area (Å²) in [6.45, 7) is 0.461. The Balaban J connectivity index is 1.31. The Kier molecular flexibility index (Phi) is 10.4. The lowest BCUT2D eigenvalue weighted by Crippen LogP contribution is -2.57. The van der Waals surface area contributed by atoms with Crippen LogP contribution in [0.25, 0.3) is 16.9 Å². The van der Waals surface area contributed by atoms with Gasteiger partial charge in [-0.2, -0.15) is 18.3 Å². The number of nitrogens with one attached hydrogen (secondary N) is 2. The zero-order valence-corrected chi connectivity index (χ0v) is 25.6. The zero-order valence-electron chi connectivity index (χ0n) is 24.8. The van der Waals surface area contributed by atoms with Crippen LogP contribution in [0.4, 0.5) is 33.5 Å². The number of hydrogen-bond acceptors (Lipinski definition) is 10. The molecule has 256 valence electrons. The van der Waals surface area contributed by atoms with Crippen molar-refractivity contribution in [3.8, 4) is 11.3 Å². The Bertz CT molecular complexity index is 1790. The van der Waals surface area contributed by atoms with Crippen LogP contribution < -0.4 is 16.4 Å². The van der Waals surface area contributed by atoms with E-state index in [1.807, 2.05) is 0 Å². The number of benzene rings is 1. The smallest absolute Gasteiger partial charge is 0.435 e. The molecule has 1 aliphatic heterocycles. The fourth-order valence-corrected chi connectivity index (χ4v) is 5.40. The van der Waals surface area contributed by atoms with Gasteiger partial charge >= 0.3 is 6.18 Å². The number of aromatic nitrogens is 5. The van der Waals surface area contributed by atoms with E-state index in [2.05, 4.69) is 25.7 Å². The molecule has 1 atom stereocenters. The highest BCUT2D eigenvalue weighted by Crippen LogP contribution is 2.37. The van der Waals surface area contributed by atoms with Crippen molar-refractivity contribution < 1.29 is 41.1 Å². The maximum atomic E-state index is 13.8. The summed E-state index contributed by atoms with van der Waals surface area (Å²) in [4.78, 5) is 48.2. The fraction of sp³-hybridized carbons (Fsp3) is 0.357. The standard InChI is InChI=1S/C28H28ClF5N10O4/c29-19-11-16(1-2-17(19)26(47)41-7-9-42(10-8-41)27(48-15-45)25(46)37-4-3-35)39-23-24-38-12-20(44(24)6-5-36-23)18-13-43(14-21(30)31)40-22(18)28(32,33)34/h1-2,5-6,11-13,15,21,27H,3-4,7-10,14,35H2,(H,36,39)(H,37,46). The zero-order chi connectivity index (χ0) is 34.6. The number of alkyl halides is 5. The maximum Gasteiger partial charge on any atom is 0.435 e. The number of rotatable bonds is 12. The van der Waals surface area contributed by atoms with Gasteiger partial charge in [0.15, 0.2) is 17.2 Å². The maximum absolute atomic E-state index is 13.8. The van der Waals surface area contributed by atoms with Crippen LogP contribution in [0.1, 0.15) is 16.1 Å². The molecular weight excluding hydrogens is 671 g/mol. The minimum Gasteiger partial charge on any atom is -0.439 e. The molecule has 0 radical (unpaired) electrons. The molecule has 48 heavy (non-hydrogen) atoms. The number of nitrogens with two attached hydrogens (primary N) is 1. The van der Waals surface area contributed by atoms with E-state index in [0.29, 0.717) is 10.4 Å². The molecule has 14 nitrogen and oxygen atoms in total. The third-order valence-corrected chi connectivity index (χ3v) is 7.62. The van der Waals surface area contributed by atoms with Crippen molar-refractivity contribution in [2.24, 2.45) is 5.73 Å². The van der Waals surface area contributed by atoms with E-state index in [1.54, 1.807) is 11.0 Å². The molecule has 3 aromatic heterocycles. The molecule has 0 bridgehead atoms. The topological polar surface area (TPSA) is 165 Å². The lowest BCUT2D eigenvalue weighted by Gasteiger charge is -2.37. The van der Waals surface area contributed by atoms with Gasteiger partial charge in [-0.15, -0.1) is 0 Å². The first-order valence-corrected chi connectivity index (χ1v) is 14.7. The predicted octanol–water partition coefficient (Wildman–Crippen LogP) is 2.61. The van der Waals surface area contributed by atoms with Gasteiger partial charge in [-0.3, -0.25) is 28.4 Å². The number of fused-ring (bicyclic) bond motifs is 1. The van der Waals surface area contributed by atoms with Crippen molar-refractivity contribution in [3.05, 3.63) is 59.3 Å². The molecule has 0 saturated carbocycles. The first-order valence-electron chi connectivity index (χ1n) is 14.3. The van der Waals surface area contributed by atoms with E-state index in [0.717, 1.165) is 12.4 Å². The molecular formula is C28H28ClF5N10O4. The van der Waals surface area contributed by atoms with Crippen molar-refractivity contribution >= 4 is 47.0 Å².